The summed E-state index contributed by atoms with van der Waals surface area (Å²) in [5, 5.41) is 0. The molecular weight excluding hydrogens is 316 g/mol. The molecule has 2 heterocycles. The summed E-state index contributed by atoms with van der Waals surface area (Å²) in [5.74, 6) is 1.77. The highest BCUT2D eigenvalue weighted by Crippen LogP contribution is 2.23. The Hall–Kier alpha value is -2.14. The van der Waals surface area contributed by atoms with Gasteiger partial charge in [-0.15, -0.1) is 0 Å². The number of rotatable bonds is 7. The molecule has 0 N–H and O–H groups in total. The van der Waals surface area contributed by atoms with E-state index in [4.69, 9.17) is 9.15 Å². The quantitative estimate of drug-likeness (QED) is 0.716. The lowest BCUT2D eigenvalue weighted by Gasteiger charge is -2.30. The number of oxazole rings is 1. The highest BCUT2D eigenvalue weighted by atomic mass is 16.5. The number of carbonyl (C=O) groups is 1. The number of piperidine rings is 1. The fourth-order valence-corrected chi connectivity index (χ4v) is 3.09. The number of benzene rings is 1. The van der Waals surface area contributed by atoms with Gasteiger partial charge in [0, 0.05) is 12.5 Å². The average molecular weight is 342 g/mol. The first-order chi connectivity index (χ1) is 12.1. The molecule has 134 valence electrons. The van der Waals surface area contributed by atoms with Crippen molar-refractivity contribution in [1.82, 2.24) is 9.88 Å². The molecule has 0 unspecified atom stereocenters. The van der Waals surface area contributed by atoms with E-state index in [2.05, 4.69) is 35.9 Å². The largest absolute Gasteiger partial charge is 0.493 e. The summed E-state index contributed by atoms with van der Waals surface area (Å²) in [6.07, 6.45) is 4.70. The van der Waals surface area contributed by atoms with Crippen LogP contribution in [0.25, 0.3) is 0 Å². The van der Waals surface area contributed by atoms with Gasteiger partial charge >= 0.3 is 0 Å². The van der Waals surface area contributed by atoms with Gasteiger partial charge in [0.05, 0.1) is 12.8 Å². The second-order valence-corrected chi connectivity index (χ2v) is 7.10. The molecule has 5 heteroatoms. The first-order valence-electron chi connectivity index (χ1n) is 8.99. The number of Topliss-reactive ketones (excluding diaryl/α,β-unsaturated/α-hetero) is 1. The Balaban J connectivity index is 1.46. The van der Waals surface area contributed by atoms with Crippen molar-refractivity contribution in [3.8, 4) is 5.75 Å². The standard InChI is InChI=1S/C20H26N2O3/c1-15(2)14-25-18-5-3-16(4-6-18)13-22-10-7-17(8-11-22)19(23)20-21-9-12-24-20/h3-6,9,12,15,17H,7-8,10-11,13-14H2,1-2H3. The molecule has 5 nitrogen and oxygen atoms in total. The van der Waals surface area contributed by atoms with Gasteiger partial charge in [-0.3, -0.25) is 9.69 Å². The molecule has 1 aliphatic rings. The second kappa shape index (κ2) is 8.30. The van der Waals surface area contributed by atoms with Crippen molar-refractivity contribution in [2.24, 2.45) is 11.8 Å². The predicted molar refractivity (Wildman–Crippen MR) is 95.6 cm³/mol. The first kappa shape index (κ1) is 17.7. The molecule has 1 aromatic heterocycles. The Morgan fingerprint density at radius 3 is 2.60 bits per heavy atom. The Morgan fingerprint density at radius 1 is 1.28 bits per heavy atom. The zero-order valence-corrected chi connectivity index (χ0v) is 15.0. The van der Waals surface area contributed by atoms with Crippen LogP contribution in [0.15, 0.2) is 41.1 Å². The van der Waals surface area contributed by atoms with Gasteiger partial charge in [0.25, 0.3) is 5.89 Å². The highest BCUT2D eigenvalue weighted by molar-refractivity contribution is 5.93. The molecule has 0 bridgehead atoms. The minimum Gasteiger partial charge on any atom is -0.493 e. The molecule has 1 aromatic carbocycles. The van der Waals surface area contributed by atoms with Crippen LogP contribution in [0.1, 0.15) is 42.9 Å². The average Bonchev–Trinajstić information content (AvgIpc) is 3.16. The van der Waals surface area contributed by atoms with Crippen LogP contribution in [-0.4, -0.2) is 35.4 Å². The number of likely N-dealkylation sites (tertiary alicyclic amines) is 1. The summed E-state index contributed by atoms with van der Waals surface area (Å²) in [4.78, 5) is 18.6. The molecule has 1 aliphatic heterocycles. The number of hydrogen-bond acceptors (Lipinski definition) is 5. The molecule has 3 rings (SSSR count). The number of ketones is 1. The van der Waals surface area contributed by atoms with Crippen molar-refractivity contribution in [3.63, 3.8) is 0 Å². The molecule has 0 radical (unpaired) electrons. The van der Waals surface area contributed by atoms with Crippen molar-refractivity contribution < 1.29 is 13.9 Å². The lowest BCUT2D eigenvalue weighted by molar-refractivity contribution is 0.0799. The van der Waals surface area contributed by atoms with Crippen LogP contribution in [0.4, 0.5) is 0 Å². The number of ether oxygens (including phenoxy) is 1. The van der Waals surface area contributed by atoms with Crippen molar-refractivity contribution in [2.75, 3.05) is 19.7 Å². The van der Waals surface area contributed by atoms with E-state index in [0.717, 1.165) is 44.8 Å². The van der Waals surface area contributed by atoms with Crippen LogP contribution < -0.4 is 4.74 Å². The van der Waals surface area contributed by atoms with E-state index in [1.165, 1.54) is 18.0 Å². The van der Waals surface area contributed by atoms with Gasteiger partial charge in [-0.05, 0) is 49.5 Å². The van der Waals surface area contributed by atoms with E-state index in [9.17, 15) is 4.79 Å². The van der Waals surface area contributed by atoms with Gasteiger partial charge in [-0.2, -0.15) is 0 Å². The molecule has 0 atom stereocenters. The second-order valence-electron chi connectivity index (χ2n) is 7.10. The molecule has 0 aliphatic carbocycles. The Kier molecular flexibility index (Phi) is 5.87. The maximum absolute atomic E-state index is 12.3. The first-order valence-corrected chi connectivity index (χ1v) is 8.99. The third-order valence-corrected chi connectivity index (χ3v) is 4.51. The van der Waals surface area contributed by atoms with E-state index >= 15 is 0 Å². The molecule has 1 fully saturated rings. The lowest BCUT2D eigenvalue weighted by Crippen LogP contribution is -2.36. The van der Waals surface area contributed by atoms with Crippen LogP contribution in [0.2, 0.25) is 0 Å². The molecule has 0 saturated carbocycles. The van der Waals surface area contributed by atoms with Crippen molar-refractivity contribution in [1.29, 1.82) is 0 Å². The van der Waals surface area contributed by atoms with E-state index in [0.29, 0.717) is 5.92 Å². The van der Waals surface area contributed by atoms with Crippen molar-refractivity contribution in [3.05, 3.63) is 48.2 Å². The number of hydrogen-bond donors (Lipinski definition) is 0. The maximum Gasteiger partial charge on any atom is 0.263 e. The van der Waals surface area contributed by atoms with E-state index in [1.54, 1.807) is 0 Å². The third-order valence-electron chi connectivity index (χ3n) is 4.51. The predicted octanol–water partition coefficient (Wildman–Crippen LogP) is 3.80. The minimum absolute atomic E-state index is 0.0294. The van der Waals surface area contributed by atoms with E-state index in [1.807, 2.05) is 12.1 Å². The highest BCUT2D eigenvalue weighted by Gasteiger charge is 2.28. The minimum atomic E-state index is 0.0294. The van der Waals surface area contributed by atoms with Crippen molar-refractivity contribution in [2.45, 2.75) is 33.2 Å². The van der Waals surface area contributed by atoms with Gasteiger partial charge in [-0.1, -0.05) is 26.0 Å². The summed E-state index contributed by atoms with van der Waals surface area (Å²) >= 11 is 0. The molecule has 2 aromatic rings. The fraction of sp³-hybridized carbons (Fsp3) is 0.500. The lowest BCUT2D eigenvalue weighted by atomic mass is 9.92. The van der Waals surface area contributed by atoms with Gasteiger partial charge in [0.1, 0.15) is 12.0 Å². The van der Waals surface area contributed by atoms with Crippen LogP contribution in [0.3, 0.4) is 0 Å². The number of nitrogens with zero attached hydrogens (tertiary/aromatic N) is 2. The summed E-state index contributed by atoms with van der Waals surface area (Å²) in [6, 6.07) is 8.33. The maximum atomic E-state index is 12.3. The SMILES string of the molecule is CC(C)COc1ccc(CN2CCC(C(=O)c3ncco3)CC2)cc1. The van der Waals surface area contributed by atoms with Gasteiger partial charge in [0.2, 0.25) is 5.78 Å². The zero-order chi connectivity index (χ0) is 17.6. The van der Waals surface area contributed by atoms with Crippen LogP contribution >= 0.6 is 0 Å². The van der Waals surface area contributed by atoms with Crippen LogP contribution in [0.5, 0.6) is 5.75 Å². The van der Waals surface area contributed by atoms with Crippen molar-refractivity contribution >= 4 is 5.78 Å². The molecule has 25 heavy (non-hydrogen) atoms. The smallest absolute Gasteiger partial charge is 0.263 e. The molecule has 1 saturated heterocycles. The monoisotopic (exact) mass is 342 g/mol. The van der Waals surface area contributed by atoms with Gasteiger partial charge in [-0.25, -0.2) is 4.98 Å². The summed E-state index contributed by atoms with van der Waals surface area (Å²) in [5.41, 5.74) is 1.27. The molecule has 0 spiro atoms. The third kappa shape index (κ3) is 4.92. The Morgan fingerprint density at radius 2 is 2.00 bits per heavy atom. The zero-order valence-electron chi connectivity index (χ0n) is 15.0. The Bertz CT molecular complexity index is 657. The van der Waals surface area contributed by atoms with Gasteiger partial charge in [0.15, 0.2) is 0 Å². The van der Waals surface area contributed by atoms with Gasteiger partial charge < -0.3 is 9.15 Å². The van der Waals surface area contributed by atoms with E-state index in [-0.39, 0.29) is 17.6 Å². The summed E-state index contributed by atoms with van der Waals surface area (Å²) in [6.45, 7) is 7.77. The van der Waals surface area contributed by atoms with Crippen LogP contribution in [-0.2, 0) is 6.54 Å². The molecule has 0 amide bonds. The topological polar surface area (TPSA) is 55.6 Å². The number of carbonyl (C=O) groups excluding carboxylic acids is 1. The van der Waals surface area contributed by atoms with Crippen LogP contribution in [0, 0.1) is 11.8 Å². The van der Waals surface area contributed by atoms with E-state index < -0.39 is 0 Å². The summed E-state index contributed by atoms with van der Waals surface area (Å²) < 4.78 is 10.9. The normalized spacial score (nSPS) is 16.3. The fourth-order valence-electron chi connectivity index (χ4n) is 3.09. The summed E-state index contributed by atoms with van der Waals surface area (Å²) in [7, 11) is 0. The molecular formula is C20H26N2O3. The number of aromatic nitrogens is 1. The Labute approximate surface area is 149 Å².